The highest BCUT2D eigenvalue weighted by molar-refractivity contribution is 14.0. The van der Waals surface area contributed by atoms with Gasteiger partial charge in [-0.1, -0.05) is 13.3 Å². The monoisotopic (exact) mass is 466 g/mol. The van der Waals surface area contributed by atoms with Crippen molar-refractivity contribution in [1.82, 2.24) is 15.5 Å². The molecule has 1 amide bonds. The summed E-state index contributed by atoms with van der Waals surface area (Å²) in [7, 11) is 3.53. The van der Waals surface area contributed by atoms with Gasteiger partial charge in [-0.05, 0) is 38.0 Å². The average molecular weight is 466 g/mol. The van der Waals surface area contributed by atoms with Gasteiger partial charge >= 0.3 is 0 Å². The molecule has 1 saturated carbocycles. The molecule has 0 aromatic carbocycles. The van der Waals surface area contributed by atoms with Crippen LogP contribution in [0.1, 0.15) is 45.4 Å². The van der Waals surface area contributed by atoms with E-state index >= 15 is 0 Å². The third kappa shape index (κ3) is 8.11. The summed E-state index contributed by atoms with van der Waals surface area (Å²) in [5.41, 5.74) is 0. The van der Waals surface area contributed by atoms with E-state index in [4.69, 9.17) is 4.74 Å². The van der Waals surface area contributed by atoms with E-state index in [-0.39, 0.29) is 36.4 Å². The Morgan fingerprint density at radius 3 is 2.44 bits per heavy atom. The van der Waals surface area contributed by atoms with Gasteiger partial charge in [0.1, 0.15) is 6.54 Å². The number of nitrogens with zero attached hydrogens (tertiary/aromatic N) is 2. The molecule has 2 aliphatic rings. The van der Waals surface area contributed by atoms with E-state index in [0.29, 0.717) is 12.0 Å². The normalized spacial score (nSPS) is 26.7. The molecule has 6 nitrogen and oxygen atoms in total. The van der Waals surface area contributed by atoms with Crippen LogP contribution < -0.4 is 10.6 Å². The lowest BCUT2D eigenvalue weighted by atomic mass is 9.84. The van der Waals surface area contributed by atoms with Crippen LogP contribution in [-0.2, 0) is 9.53 Å². The maximum atomic E-state index is 11.8. The van der Waals surface area contributed by atoms with Crippen molar-refractivity contribution in [2.24, 2.45) is 16.8 Å². The van der Waals surface area contributed by atoms with Gasteiger partial charge < -0.3 is 20.3 Å². The molecule has 2 N–H and O–H groups in total. The number of carbonyl (C=O) groups excluding carboxylic acids is 1. The smallest absolute Gasteiger partial charge is 0.243 e. The zero-order valence-corrected chi connectivity index (χ0v) is 18.3. The van der Waals surface area contributed by atoms with Crippen LogP contribution in [0.5, 0.6) is 0 Å². The molecule has 2 rings (SSSR count). The first-order valence-corrected chi connectivity index (χ1v) is 9.41. The largest absolute Gasteiger partial charge is 0.381 e. The van der Waals surface area contributed by atoms with Gasteiger partial charge in [0.05, 0.1) is 6.61 Å². The number of hydrogen-bond acceptors (Lipinski definition) is 3. The Balaban J connectivity index is 0.00000312. The molecular weight excluding hydrogens is 431 g/mol. The highest BCUT2D eigenvalue weighted by Gasteiger charge is 2.22. The molecule has 1 aliphatic carbocycles. The lowest BCUT2D eigenvalue weighted by molar-refractivity contribution is -0.127. The zero-order chi connectivity index (χ0) is 17.4. The SMILES string of the molecule is CCC1CCC(NC(=NCC(=O)N(C)C)NCC2CCOC2)CC1.I. The number of ether oxygens (including phenoxy) is 1. The standard InChI is InChI=1S/C18H34N4O2.HI/c1-4-14-5-7-16(8-6-14)21-18(20-12-17(23)22(2)3)19-11-15-9-10-24-13-15;/h14-16H,4-13H2,1-3H3,(H2,19,20,21);1H. The van der Waals surface area contributed by atoms with E-state index in [1.54, 1.807) is 19.0 Å². The van der Waals surface area contributed by atoms with Crippen molar-refractivity contribution in [2.45, 2.75) is 51.5 Å². The van der Waals surface area contributed by atoms with Gasteiger partial charge in [-0.3, -0.25) is 4.79 Å². The summed E-state index contributed by atoms with van der Waals surface area (Å²) < 4.78 is 5.43. The minimum atomic E-state index is 0. The molecule has 1 saturated heterocycles. The third-order valence-electron chi connectivity index (χ3n) is 5.22. The van der Waals surface area contributed by atoms with Crippen molar-refractivity contribution in [3.05, 3.63) is 0 Å². The summed E-state index contributed by atoms with van der Waals surface area (Å²) in [6, 6.07) is 0.466. The minimum absolute atomic E-state index is 0. The Morgan fingerprint density at radius 1 is 1.16 bits per heavy atom. The Kier molecular flexibility index (Phi) is 10.7. The van der Waals surface area contributed by atoms with Gasteiger partial charge in [0, 0.05) is 39.2 Å². The maximum Gasteiger partial charge on any atom is 0.243 e. The molecule has 1 heterocycles. The third-order valence-corrected chi connectivity index (χ3v) is 5.22. The van der Waals surface area contributed by atoms with Gasteiger partial charge in [-0.2, -0.15) is 0 Å². The lowest BCUT2D eigenvalue weighted by Crippen LogP contribution is -2.46. The number of halogens is 1. The van der Waals surface area contributed by atoms with Crippen LogP contribution in [0.2, 0.25) is 0 Å². The van der Waals surface area contributed by atoms with Gasteiger partial charge in [0.25, 0.3) is 0 Å². The first-order valence-electron chi connectivity index (χ1n) is 9.41. The first kappa shape index (κ1) is 22.5. The second kappa shape index (κ2) is 11.9. The molecule has 1 unspecified atom stereocenters. The number of carbonyl (C=O) groups is 1. The number of likely N-dealkylation sites (N-methyl/N-ethyl adjacent to an activating group) is 1. The van der Waals surface area contributed by atoms with Crippen LogP contribution in [0.4, 0.5) is 0 Å². The zero-order valence-electron chi connectivity index (χ0n) is 15.9. The average Bonchev–Trinajstić information content (AvgIpc) is 3.11. The highest BCUT2D eigenvalue weighted by Crippen LogP contribution is 2.26. The second-order valence-corrected chi connectivity index (χ2v) is 7.33. The molecule has 0 aromatic rings. The fourth-order valence-electron chi connectivity index (χ4n) is 3.33. The van der Waals surface area contributed by atoms with Gasteiger partial charge in [0.2, 0.25) is 5.91 Å². The molecule has 2 fully saturated rings. The highest BCUT2D eigenvalue weighted by atomic mass is 127. The Hall–Kier alpha value is -0.570. The van der Waals surface area contributed by atoms with Crippen LogP contribution >= 0.6 is 24.0 Å². The van der Waals surface area contributed by atoms with Crippen LogP contribution in [0.25, 0.3) is 0 Å². The van der Waals surface area contributed by atoms with Crippen molar-refractivity contribution in [3.63, 3.8) is 0 Å². The molecule has 0 spiro atoms. The number of amides is 1. The van der Waals surface area contributed by atoms with E-state index in [2.05, 4.69) is 22.5 Å². The fourth-order valence-corrected chi connectivity index (χ4v) is 3.33. The van der Waals surface area contributed by atoms with Gasteiger partial charge in [-0.25, -0.2) is 4.99 Å². The number of rotatable bonds is 6. The van der Waals surface area contributed by atoms with Crippen LogP contribution in [0.15, 0.2) is 4.99 Å². The van der Waals surface area contributed by atoms with Crippen LogP contribution in [-0.4, -0.2) is 63.2 Å². The molecule has 1 atom stereocenters. The Bertz CT molecular complexity index is 417. The minimum Gasteiger partial charge on any atom is -0.381 e. The Labute approximate surface area is 169 Å². The molecule has 1 aliphatic heterocycles. The number of hydrogen-bond donors (Lipinski definition) is 2. The van der Waals surface area contributed by atoms with Crippen molar-refractivity contribution in [2.75, 3.05) is 40.4 Å². The first-order chi connectivity index (χ1) is 11.6. The number of guanidine groups is 1. The van der Waals surface area contributed by atoms with Crippen molar-refractivity contribution in [3.8, 4) is 0 Å². The van der Waals surface area contributed by atoms with E-state index in [1.165, 1.54) is 32.1 Å². The lowest BCUT2D eigenvalue weighted by Gasteiger charge is -2.30. The quantitative estimate of drug-likeness (QED) is 0.358. The van der Waals surface area contributed by atoms with E-state index in [0.717, 1.165) is 38.1 Å². The van der Waals surface area contributed by atoms with Crippen molar-refractivity contribution in [1.29, 1.82) is 0 Å². The van der Waals surface area contributed by atoms with E-state index in [1.807, 2.05) is 0 Å². The molecule has 0 aromatic heterocycles. The molecule has 146 valence electrons. The topological polar surface area (TPSA) is 66.0 Å². The van der Waals surface area contributed by atoms with Crippen molar-refractivity contribution >= 4 is 35.8 Å². The summed E-state index contributed by atoms with van der Waals surface area (Å²) in [4.78, 5) is 17.9. The summed E-state index contributed by atoms with van der Waals surface area (Å²) in [5, 5.41) is 6.96. The molecule has 0 bridgehead atoms. The molecule has 7 heteroatoms. The summed E-state index contributed by atoms with van der Waals surface area (Å²) in [6.45, 7) is 4.99. The fraction of sp³-hybridized carbons (Fsp3) is 0.889. The summed E-state index contributed by atoms with van der Waals surface area (Å²) in [6.07, 6.45) is 7.33. The molecular formula is C18H35IN4O2. The van der Waals surface area contributed by atoms with Gasteiger partial charge in [-0.15, -0.1) is 24.0 Å². The number of aliphatic imine (C=N–C) groups is 1. The van der Waals surface area contributed by atoms with Crippen LogP contribution in [0, 0.1) is 11.8 Å². The van der Waals surface area contributed by atoms with E-state index in [9.17, 15) is 4.79 Å². The predicted octanol–water partition coefficient (Wildman–Crippen LogP) is 2.23. The maximum absolute atomic E-state index is 11.8. The Morgan fingerprint density at radius 2 is 1.88 bits per heavy atom. The second-order valence-electron chi connectivity index (χ2n) is 7.33. The van der Waals surface area contributed by atoms with Crippen LogP contribution in [0.3, 0.4) is 0 Å². The summed E-state index contributed by atoms with van der Waals surface area (Å²) in [5.74, 6) is 2.21. The predicted molar refractivity (Wildman–Crippen MR) is 113 cm³/mol. The van der Waals surface area contributed by atoms with E-state index < -0.39 is 0 Å². The molecule has 0 radical (unpaired) electrons. The van der Waals surface area contributed by atoms with Crippen molar-refractivity contribution < 1.29 is 9.53 Å². The molecule has 25 heavy (non-hydrogen) atoms. The van der Waals surface area contributed by atoms with Gasteiger partial charge in [0.15, 0.2) is 5.96 Å². The summed E-state index contributed by atoms with van der Waals surface area (Å²) >= 11 is 0. The number of nitrogens with one attached hydrogen (secondary N) is 2.